The maximum Gasteiger partial charge on any atom is 0.255 e. The number of imide groups is 1. The van der Waals surface area contributed by atoms with Crippen LogP contribution in [-0.2, 0) is 22.6 Å². The van der Waals surface area contributed by atoms with Gasteiger partial charge in [0.15, 0.2) is 0 Å². The Kier molecular flexibility index (Phi) is 4.43. The van der Waals surface area contributed by atoms with Crippen LogP contribution in [0, 0.1) is 5.41 Å². The zero-order valence-electron chi connectivity index (χ0n) is 16.5. The summed E-state index contributed by atoms with van der Waals surface area (Å²) in [4.78, 5) is 38.1. The van der Waals surface area contributed by atoms with Gasteiger partial charge in [0, 0.05) is 31.6 Å². The summed E-state index contributed by atoms with van der Waals surface area (Å²) in [6.07, 6.45) is 6.24. The Hall–Kier alpha value is -3.07. The normalized spacial score (nSPS) is 22.6. The van der Waals surface area contributed by atoms with Gasteiger partial charge in [-0.25, -0.2) is 4.68 Å². The molecule has 9 nitrogen and oxygen atoms in total. The van der Waals surface area contributed by atoms with Crippen molar-refractivity contribution in [1.82, 2.24) is 25.2 Å². The molecule has 3 amide bonds. The summed E-state index contributed by atoms with van der Waals surface area (Å²) < 4.78 is 1.64. The highest BCUT2D eigenvalue weighted by molar-refractivity contribution is 6.05. The summed E-state index contributed by atoms with van der Waals surface area (Å²) >= 11 is 0. The van der Waals surface area contributed by atoms with Gasteiger partial charge in [0.25, 0.3) is 5.91 Å². The third-order valence-corrected chi connectivity index (χ3v) is 6.62. The molecule has 3 heterocycles. The number of piperidine rings is 1. The highest BCUT2D eigenvalue weighted by Gasteiger charge is 2.39. The molecule has 1 saturated carbocycles. The summed E-state index contributed by atoms with van der Waals surface area (Å²) in [6, 6.07) is 4.90. The molecule has 1 atom stereocenters. The first-order valence-electron chi connectivity index (χ1n) is 10.3. The van der Waals surface area contributed by atoms with E-state index in [1.165, 1.54) is 4.90 Å². The lowest BCUT2D eigenvalue weighted by atomic mass is 9.67. The van der Waals surface area contributed by atoms with Crippen molar-refractivity contribution in [2.75, 3.05) is 6.61 Å². The van der Waals surface area contributed by atoms with Gasteiger partial charge in [0.1, 0.15) is 6.04 Å². The van der Waals surface area contributed by atoms with Crippen molar-refractivity contribution in [2.24, 2.45) is 5.41 Å². The minimum absolute atomic E-state index is 0.0722. The van der Waals surface area contributed by atoms with Crippen LogP contribution in [0.4, 0.5) is 0 Å². The molecule has 2 aromatic rings. The van der Waals surface area contributed by atoms with E-state index in [1.807, 2.05) is 18.3 Å². The number of aromatic nitrogens is 3. The van der Waals surface area contributed by atoms with Crippen molar-refractivity contribution in [3.05, 3.63) is 41.2 Å². The second kappa shape index (κ2) is 7.02. The van der Waals surface area contributed by atoms with Crippen LogP contribution >= 0.6 is 0 Å². The van der Waals surface area contributed by atoms with E-state index in [-0.39, 0.29) is 30.3 Å². The Morgan fingerprint density at radius 2 is 2.07 bits per heavy atom. The molecule has 1 saturated heterocycles. The number of aliphatic hydroxyl groups excluding tert-OH is 1. The van der Waals surface area contributed by atoms with Crippen LogP contribution in [-0.4, -0.2) is 55.4 Å². The Morgan fingerprint density at radius 1 is 1.23 bits per heavy atom. The molecule has 1 aromatic heterocycles. The van der Waals surface area contributed by atoms with Gasteiger partial charge in [0.05, 0.1) is 17.6 Å². The lowest BCUT2D eigenvalue weighted by molar-refractivity contribution is -0.136. The van der Waals surface area contributed by atoms with Crippen molar-refractivity contribution in [1.29, 1.82) is 0 Å². The first kappa shape index (κ1) is 18.9. The summed E-state index contributed by atoms with van der Waals surface area (Å²) in [5.41, 5.74) is 2.86. The van der Waals surface area contributed by atoms with Gasteiger partial charge in [-0.15, -0.1) is 5.10 Å². The summed E-state index contributed by atoms with van der Waals surface area (Å²) in [5, 5.41) is 20.4. The highest BCUT2D eigenvalue weighted by atomic mass is 16.3. The van der Waals surface area contributed by atoms with Crippen LogP contribution in [0.5, 0.6) is 0 Å². The molecule has 2 aliphatic heterocycles. The number of nitrogens with one attached hydrogen (secondary N) is 1. The fraction of sp³-hybridized carbons (Fsp3) is 0.476. The first-order valence-corrected chi connectivity index (χ1v) is 10.3. The highest BCUT2D eigenvalue weighted by Crippen LogP contribution is 2.42. The van der Waals surface area contributed by atoms with Crippen molar-refractivity contribution in [2.45, 2.75) is 51.1 Å². The molecule has 1 aromatic carbocycles. The lowest BCUT2D eigenvalue weighted by Gasteiger charge is -2.39. The molecule has 9 heteroatoms. The van der Waals surface area contributed by atoms with Crippen LogP contribution in [0.1, 0.15) is 53.7 Å². The molecule has 2 N–H and O–H groups in total. The molecule has 1 aliphatic carbocycles. The third-order valence-electron chi connectivity index (χ3n) is 6.62. The van der Waals surface area contributed by atoms with E-state index in [0.717, 1.165) is 36.2 Å². The Labute approximate surface area is 173 Å². The summed E-state index contributed by atoms with van der Waals surface area (Å²) in [7, 11) is 0. The van der Waals surface area contributed by atoms with E-state index in [4.69, 9.17) is 0 Å². The average Bonchev–Trinajstić information content (AvgIpc) is 3.29. The van der Waals surface area contributed by atoms with Gasteiger partial charge < -0.3 is 10.0 Å². The van der Waals surface area contributed by atoms with Crippen molar-refractivity contribution < 1.29 is 19.5 Å². The van der Waals surface area contributed by atoms with Crippen LogP contribution in [0.15, 0.2) is 24.4 Å². The maximum atomic E-state index is 13.0. The van der Waals surface area contributed by atoms with Crippen molar-refractivity contribution >= 4 is 17.7 Å². The molecular formula is C21H23N5O4. The molecule has 2 fully saturated rings. The topological polar surface area (TPSA) is 117 Å². The van der Waals surface area contributed by atoms with Crippen LogP contribution < -0.4 is 5.32 Å². The van der Waals surface area contributed by atoms with Gasteiger partial charge in [-0.2, -0.15) is 0 Å². The Morgan fingerprint density at radius 3 is 2.77 bits per heavy atom. The average molecular weight is 409 g/mol. The van der Waals surface area contributed by atoms with E-state index in [2.05, 4.69) is 15.6 Å². The SMILES string of the molecule is O=C1CCC(N2Cc3ccc(-n4cc(CC5(CO)CCC5)nn4)cc3C2=O)C(=O)N1. The lowest BCUT2D eigenvalue weighted by Crippen LogP contribution is -2.52. The molecule has 0 radical (unpaired) electrons. The number of fused-ring (bicyclic) bond motifs is 1. The van der Waals surface area contributed by atoms with Gasteiger partial charge in [0.2, 0.25) is 11.8 Å². The van der Waals surface area contributed by atoms with Crippen molar-refractivity contribution in [3.8, 4) is 5.69 Å². The number of hydrogen-bond acceptors (Lipinski definition) is 6. The van der Waals surface area contributed by atoms with Crippen LogP contribution in [0.3, 0.4) is 0 Å². The van der Waals surface area contributed by atoms with Gasteiger partial charge in [-0.1, -0.05) is 17.7 Å². The quantitative estimate of drug-likeness (QED) is 0.703. The minimum atomic E-state index is -0.624. The zero-order chi connectivity index (χ0) is 20.9. The van der Waals surface area contributed by atoms with Gasteiger partial charge in [-0.3, -0.25) is 19.7 Å². The Balaban J connectivity index is 1.35. The van der Waals surface area contributed by atoms with E-state index in [9.17, 15) is 19.5 Å². The van der Waals surface area contributed by atoms with E-state index in [1.54, 1.807) is 10.7 Å². The summed E-state index contributed by atoms with van der Waals surface area (Å²) in [5.74, 6) is -0.924. The molecule has 0 spiro atoms. The number of rotatable bonds is 5. The minimum Gasteiger partial charge on any atom is -0.396 e. The Bertz CT molecular complexity index is 1040. The van der Waals surface area contributed by atoms with E-state index < -0.39 is 11.9 Å². The third kappa shape index (κ3) is 3.09. The first-order chi connectivity index (χ1) is 14.5. The zero-order valence-corrected chi connectivity index (χ0v) is 16.5. The predicted molar refractivity (Wildman–Crippen MR) is 104 cm³/mol. The number of carbonyl (C=O) groups is 3. The van der Waals surface area contributed by atoms with Crippen LogP contribution in [0.2, 0.25) is 0 Å². The van der Waals surface area contributed by atoms with E-state index in [0.29, 0.717) is 24.9 Å². The molecule has 156 valence electrons. The monoisotopic (exact) mass is 409 g/mol. The number of carbonyl (C=O) groups excluding carboxylic acids is 3. The molecule has 3 aliphatic rings. The smallest absolute Gasteiger partial charge is 0.255 e. The van der Waals surface area contributed by atoms with Crippen LogP contribution in [0.25, 0.3) is 5.69 Å². The number of hydrogen-bond donors (Lipinski definition) is 2. The predicted octanol–water partition coefficient (Wildman–Crippen LogP) is 0.733. The summed E-state index contributed by atoms with van der Waals surface area (Å²) in [6.45, 7) is 0.506. The number of amides is 3. The second-order valence-electron chi connectivity index (χ2n) is 8.58. The number of aliphatic hydroxyl groups is 1. The molecule has 0 bridgehead atoms. The van der Waals surface area contributed by atoms with Gasteiger partial charge in [-0.05, 0) is 42.4 Å². The largest absolute Gasteiger partial charge is 0.396 e. The molecule has 30 heavy (non-hydrogen) atoms. The molecule has 1 unspecified atom stereocenters. The maximum absolute atomic E-state index is 13.0. The number of benzene rings is 1. The fourth-order valence-corrected chi connectivity index (χ4v) is 4.64. The van der Waals surface area contributed by atoms with Crippen molar-refractivity contribution in [3.63, 3.8) is 0 Å². The number of nitrogens with zero attached hydrogens (tertiary/aromatic N) is 4. The standard InChI is InChI=1S/C21H23N5O4/c27-12-21(6-1-7-21)9-14-11-26(24-23-14)15-3-2-13-10-25(20(30)16(13)8-15)17-4-5-18(28)22-19(17)29/h2-3,8,11,17,27H,1,4-7,9-10,12H2,(H,22,28,29). The fourth-order valence-electron chi connectivity index (χ4n) is 4.64. The van der Waals surface area contributed by atoms with E-state index >= 15 is 0 Å². The second-order valence-corrected chi connectivity index (χ2v) is 8.58. The van der Waals surface area contributed by atoms with Gasteiger partial charge >= 0.3 is 0 Å². The molecular weight excluding hydrogens is 386 g/mol. The molecule has 5 rings (SSSR count).